The van der Waals surface area contributed by atoms with Crippen molar-refractivity contribution in [3.8, 4) is 5.75 Å². The van der Waals surface area contributed by atoms with E-state index in [0.29, 0.717) is 32.7 Å². The van der Waals surface area contributed by atoms with E-state index in [1.54, 1.807) is 14.7 Å². The molecule has 0 radical (unpaired) electrons. The van der Waals surface area contributed by atoms with Gasteiger partial charge >= 0.3 is 0 Å². The molecule has 2 aliphatic rings. The zero-order valence-electron chi connectivity index (χ0n) is 18.5. The van der Waals surface area contributed by atoms with Crippen molar-refractivity contribution in [3.63, 3.8) is 0 Å². The highest BCUT2D eigenvalue weighted by Gasteiger charge is 2.41. The maximum atomic E-state index is 12.9. The molecule has 7 nitrogen and oxygen atoms in total. The maximum absolute atomic E-state index is 12.9. The molecule has 0 bridgehead atoms. The quantitative estimate of drug-likeness (QED) is 0.737. The summed E-state index contributed by atoms with van der Waals surface area (Å²) in [5, 5.41) is 0. The number of likely N-dealkylation sites (tertiary alicyclic amines) is 1. The lowest BCUT2D eigenvalue weighted by Gasteiger charge is -2.36. The van der Waals surface area contributed by atoms with Crippen LogP contribution in [0.15, 0.2) is 24.3 Å². The molecule has 1 aromatic rings. The number of carbonyl (C=O) groups is 3. The third-order valence-corrected chi connectivity index (χ3v) is 5.93. The Morgan fingerprint density at radius 3 is 2.30 bits per heavy atom. The van der Waals surface area contributed by atoms with Gasteiger partial charge in [-0.2, -0.15) is 0 Å². The first kappa shape index (κ1) is 22.1. The summed E-state index contributed by atoms with van der Waals surface area (Å²) in [5.41, 5.74) is 0.810. The van der Waals surface area contributed by atoms with Crippen LogP contribution in [0.5, 0.6) is 5.75 Å². The van der Waals surface area contributed by atoms with Crippen molar-refractivity contribution in [1.29, 1.82) is 0 Å². The fraction of sp³-hybridized carbons (Fsp3) is 0.609. The molecule has 3 amide bonds. The summed E-state index contributed by atoms with van der Waals surface area (Å²) in [6.45, 7) is 10.5. The zero-order valence-corrected chi connectivity index (χ0v) is 18.5. The molecule has 2 aliphatic heterocycles. The molecule has 1 atom stereocenters. The molecular weight excluding hydrogens is 382 g/mol. The standard InChI is InChI=1S/C23H33N3O4/c1-5-17-8-6-7-9-19(17)30-16-21(28)24-10-12-25(13-11-24)22(29)18-14-20(27)26(15-18)23(2,3)4/h6-9,18H,5,10-16H2,1-4H3. The van der Waals surface area contributed by atoms with Crippen molar-refractivity contribution >= 4 is 17.7 Å². The monoisotopic (exact) mass is 415 g/mol. The average molecular weight is 416 g/mol. The number of piperazine rings is 1. The largest absolute Gasteiger partial charge is 0.483 e. The molecule has 0 spiro atoms. The molecule has 0 saturated carbocycles. The highest BCUT2D eigenvalue weighted by atomic mass is 16.5. The first-order valence-electron chi connectivity index (χ1n) is 10.8. The number of benzene rings is 1. The first-order chi connectivity index (χ1) is 14.2. The zero-order chi connectivity index (χ0) is 21.9. The Hall–Kier alpha value is -2.57. The van der Waals surface area contributed by atoms with Gasteiger partial charge in [-0.05, 0) is 38.8 Å². The Kier molecular flexibility index (Phi) is 6.68. The number of para-hydroxylation sites is 1. The Morgan fingerprint density at radius 2 is 1.70 bits per heavy atom. The Bertz CT molecular complexity index is 794. The summed E-state index contributed by atoms with van der Waals surface area (Å²) < 4.78 is 5.74. The summed E-state index contributed by atoms with van der Waals surface area (Å²) in [6.07, 6.45) is 1.13. The molecular formula is C23H33N3O4. The smallest absolute Gasteiger partial charge is 0.260 e. The van der Waals surface area contributed by atoms with Crippen LogP contribution in [-0.4, -0.2) is 77.3 Å². The molecule has 2 saturated heterocycles. The van der Waals surface area contributed by atoms with Crippen molar-refractivity contribution in [2.24, 2.45) is 5.92 Å². The first-order valence-corrected chi connectivity index (χ1v) is 10.8. The number of ether oxygens (including phenoxy) is 1. The molecule has 2 fully saturated rings. The minimum atomic E-state index is -0.284. The Labute approximate surface area is 179 Å². The van der Waals surface area contributed by atoms with Crippen molar-refractivity contribution in [2.45, 2.75) is 46.1 Å². The lowest BCUT2D eigenvalue weighted by molar-refractivity contribution is -0.142. The van der Waals surface area contributed by atoms with Gasteiger partial charge in [0.25, 0.3) is 5.91 Å². The van der Waals surface area contributed by atoms with Gasteiger partial charge < -0.3 is 19.4 Å². The fourth-order valence-corrected chi connectivity index (χ4v) is 4.12. The van der Waals surface area contributed by atoms with E-state index in [1.165, 1.54) is 0 Å². The molecule has 30 heavy (non-hydrogen) atoms. The number of rotatable bonds is 5. The van der Waals surface area contributed by atoms with Crippen LogP contribution in [-0.2, 0) is 20.8 Å². The van der Waals surface area contributed by atoms with Crippen LogP contribution in [0.1, 0.15) is 39.7 Å². The molecule has 1 aromatic carbocycles. The summed E-state index contributed by atoms with van der Waals surface area (Å²) in [7, 11) is 0. The van der Waals surface area contributed by atoms with E-state index in [2.05, 4.69) is 6.92 Å². The molecule has 164 valence electrons. The summed E-state index contributed by atoms with van der Waals surface area (Å²) in [5.74, 6) is 0.460. The fourth-order valence-electron chi connectivity index (χ4n) is 4.12. The Balaban J connectivity index is 1.48. The van der Waals surface area contributed by atoms with E-state index in [4.69, 9.17) is 4.74 Å². The van der Waals surface area contributed by atoms with Gasteiger partial charge in [0, 0.05) is 44.7 Å². The number of nitrogens with zero attached hydrogens (tertiary/aromatic N) is 3. The van der Waals surface area contributed by atoms with Crippen molar-refractivity contribution in [2.75, 3.05) is 39.3 Å². The van der Waals surface area contributed by atoms with E-state index < -0.39 is 0 Å². The van der Waals surface area contributed by atoms with Gasteiger partial charge in [-0.15, -0.1) is 0 Å². The van der Waals surface area contributed by atoms with E-state index in [0.717, 1.165) is 17.7 Å². The lowest BCUT2D eigenvalue weighted by atomic mass is 10.1. The van der Waals surface area contributed by atoms with Gasteiger partial charge in [0.05, 0.1) is 5.92 Å². The van der Waals surface area contributed by atoms with Gasteiger partial charge in [0.1, 0.15) is 5.75 Å². The molecule has 0 aliphatic carbocycles. The highest BCUT2D eigenvalue weighted by Crippen LogP contribution is 2.27. The van der Waals surface area contributed by atoms with Crippen LogP contribution >= 0.6 is 0 Å². The van der Waals surface area contributed by atoms with Crippen LogP contribution in [0.2, 0.25) is 0 Å². The number of aryl methyl sites for hydroxylation is 1. The highest BCUT2D eigenvalue weighted by molar-refractivity contribution is 5.89. The van der Waals surface area contributed by atoms with E-state index in [-0.39, 0.29) is 42.2 Å². The normalized spacial score (nSPS) is 19.9. The number of hydrogen-bond donors (Lipinski definition) is 0. The second kappa shape index (κ2) is 9.06. The van der Waals surface area contributed by atoms with Gasteiger partial charge in [-0.1, -0.05) is 25.1 Å². The molecule has 3 rings (SSSR count). The van der Waals surface area contributed by atoms with Gasteiger partial charge in [0.15, 0.2) is 6.61 Å². The van der Waals surface area contributed by atoms with Crippen molar-refractivity contribution in [3.05, 3.63) is 29.8 Å². The van der Waals surface area contributed by atoms with Crippen molar-refractivity contribution in [1.82, 2.24) is 14.7 Å². The molecule has 0 aromatic heterocycles. The van der Waals surface area contributed by atoms with Crippen LogP contribution in [0, 0.1) is 5.92 Å². The summed E-state index contributed by atoms with van der Waals surface area (Å²) >= 11 is 0. The maximum Gasteiger partial charge on any atom is 0.260 e. The summed E-state index contributed by atoms with van der Waals surface area (Å²) in [6, 6.07) is 7.74. The third-order valence-electron chi connectivity index (χ3n) is 5.93. The predicted octanol–water partition coefficient (Wildman–Crippen LogP) is 1.95. The molecule has 1 unspecified atom stereocenters. The van der Waals surface area contributed by atoms with E-state index >= 15 is 0 Å². The molecule has 0 N–H and O–H groups in total. The topological polar surface area (TPSA) is 70.2 Å². The van der Waals surface area contributed by atoms with Gasteiger partial charge in [-0.25, -0.2) is 0 Å². The van der Waals surface area contributed by atoms with Gasteiger partial charge in [0.2, 0.25) is 11.8 Å². The molecule has 7 heteroatoms. The summed E-state index contributed by atoms with van der Waals surface area (Å²) in [4.78, 5) is 43.1. The van der Waals surface area contributed by atoms with Crippen LogP contribution in [0.3, 0.4) is 0 Å². The number of amides is 3. The predicted molar refractivity (Wildman–Crippen MR) is 114 cm³/mol. The average Bonchev–Trinajstić information content (AvgIpc) is 3.14. The number of carbonyl (C=O) groups excluding carboxylic acids is 3. The van der Waals surface area contributed by atoms with Gasteiger partial charge in [-0.3, -0.25) is 14.4 Å². The number of hydrogen-bond acceptors (Lipinski definition) is 4. The second-order valence-electron chi connectivity index (χ2n) is 9.03. The lowest BCUT2D eigenvalue weighted by Crippen LogP contribution is -2.53. The minimum Gasteiger partial charge on any atom is -0.483 e. The minimum absolute atomic E-state index is 0.00261. The van der Waals surface area contributed by atoms with E-state index in [1.807, 2.05) is 45.0 Å². The second-order valence-corrected chi connectivity index (χ2v) is 9.03. The SMILES string of the molecule is CCc1ccccc1OCC(=O)N1CCN(C(=O)C2CC(=O)N(C(C)(C)C)C2)CC1. The van der Waals surface area contributed by atoms with Crippen molar-refractivity contribution < 1.29 is 19.1 Å². The van der Waals surface area contributed by atoms with E-state index in [9.17, 15) is 14.4 Å². The Morgan fingerprint density at radius 1 is 1.07 bits per heavy atom. The van der Waals surface area contributed by atoms with Crippen LogP contribution in [0.25, 0.3) is 0 Å². The van der Waals surface area contributed by atoms with Crippen LogP contribution < -0.4 is 4.74 Å². The van der Waals surface area contributed by atoms with Crippen LogP contribution in [0.4, 0.5) is 0 Å². The third kappa shape index (κ3) is 4.94. The molecule has 2 heterocycles.